The van der Waals surface area contributed by atoms with E-state index in [0.717, 1.165) is 5.01 Å². The number of rotatable bonds is 5. The fourth-order valence-corrected chi connectivity index (χ4v) is 2.33. The summed E-state index contributed by atoms with van der Waals surface area (Å²) >= 11 is 1.60. The molecule has 100 valence electrons. The van der Waals surface area contributed by atoms with Crippen LogP contribution in [0.5, 0.6) is 0 Å². The molecule has 1 N–H and O–H groups in total. The van der Waals surface area contributed by atoms with Crippen LogP contribution in [0.3, 0.4) is 0 Å². The Balaban J connectivity index is 2.04. The van der Waals surface area contributed by atoms with Crippen LogP contribution in [0.2, 0.25) is 0 Å². The lowest BCUT2D eigenvalue weighted by Gasteiger charge is -2.10. The van der Waals surface area contributed by atoms with Crippen molar-refractivity contribution in [2.45, 2.75) is 19.8 Å². The summed E-state index contributed by atoms with van der Waals surface area (Å²) in [6, 6.07) is 1.46. The Kier molecular flexibility index (Phi) is 4.06. The van der Waals surface area contributed by atoms with E-state index in [1.54, 1.807) is 24.5 Å². The molecule has 2 heterocycles. The number of anilines is 1. The van der Waals surface area contributed by atoms with Gasteiger partial charge in [0.15, 0.2) is 0 Å². The van der Waals surface area contributed by atoms with Gasteiger partial charge in [-0.1, -0.05) is 6.92 Å². The fraction of sp³-hybridized carbons (Fsp3) is 0.333. The largest absolute Gasteiger partial charge is 0.369 e. The second kappa shape index (κ2) is 5.75. The SMILES string of the molecule is Cc1cnc(NCC(C)c2nccs2)cc1[N+](=O)[O-]. The van der Waals surface area contributed by atoms with Crippen molar-refractivity contribution in [2.24, 2.45) is 0 Å². The van der Waals surface area contributed by atoms with E-state index in [9.17, 15) is 10.1 Å². The number of nitro groups is 1. The van der Waals surface area contributed by atoms with E-state index in [1.807, 2.05) is 5.38 Å². The van der Waals surface area contributed by atoms with Crippen molar-refractivity contribution in [2.75, 3.05) is 11.9 Å². The van der Waals surface area contributed by atoms with Crippen LogP contribution in [0, 0.1) is 17.0 Å². The maximum Gasteiger partial charge on any atom is 0.277 e. The van der Waals surface area contributed by atoms with Crippen LogP contribution in [0.15, 0.2) is 23.8 Å². The number of hydrogen-bond acceptors (Lipinski definition) is 6. The summed E-state index contributed by atoms with van der Waals surface area (Å²) in [6.07, 6.45) is 3.28. The lowest BCUT2D eigenvalue weighted by atomic mass is 10.2. The third kappa shape index (κ3) is 3.25. The second-order valence-corrected chi connectivity index (χ2v) is 5.19. The van der Waals surface area contributed by atoms with Gasteiger partial charge in [0.2, 0.25) is 0 Å². The first-order chi connectivity index (χ1) is 9.08. The average Bonchev–Trinajstić information content (AvgIpc) is 2.91. The molecular formula is C12H14N4O2S. The van der Waals surface area contributed by atoms with Crippen molar-refractivity contribution in [1.82, 2.24) is 9.97 Å². The smallest absolute Gasteiger partial charge is 0.277 e. The first kappa shape index (κ1) is 13.4. The lowest BCUT2D eigenvalue weighted by molar-refractivity contribution is -0.385. The molecule has 0 radical (unpaired) electrons. The first-order valence-electron chi connectivity index (χ1n) is 5.82. The molecule has 2 aromatic heterocycles. The molecule has 0 saturated heterocycles. The summed E-state index contributed by atoms with van der Waals surface area (Å²) in [4.78, 5) is 18.8. The van der Waals surface area contributed by atoms with Gasteiger partial charge in [-0.05, 0) is 6.92 Å². The normalized spacial score (nSPS) is 12.1. The molecule has 0 fully saturated rings. The molecule has 0 aliphatic heterocycles. The highest BCUT2D eigenvalue weighted by molar-refractivity contribution is 7.09. The van der Waals surface area contributed by atoms with Gasteiger partial charge in [0, 0.05) is 35.8 Å². The molecule has 0 aliphatic carbocycles. The summed E-state index contributed by atoms with van der Waals surface area (Å²) in [5.74, 6) is 0.753. The molecule has 0 amide bonds. The minimum absolute atomic E-state index is 0.0828. The topological polar surface area (TPSA) is 81.0 Å². The van der Waals surface area contributed by atoms with E-state index >= 15 is 0 Å². The van der Waals surface area contributed by atoms with Crippen LogP contribution in [-0.2, 0) is 0 Å². The van der Waals surface area contributed by atoms with Crippen molar-refractivity contribution >= 4 is 22.8 Å². The number of nitrogens with one attached hydrogen (secondary N) is 1. The van der Waals surface area contributed by atoms with Gasteiger partial charge in [-0.15, -0.1) is 11.3 Å². The first-order valence-corrected chi connectivity index (χ1v) is 6.70. The number of aryl methyl sites for hydroxylation is 1. The summed E-state index contributed by atoms with van der Waals surface area (Å²) in [5.41, 5.74) is 0.642. The van der Waals surface area contributed by atoms with Gasteiger partial charge in [0.05, 0.1) is 16.0 Å². The van der Waals surface area contributed by atoms with Crippen LogP contribution in [-0.4, -0.2) is 21.4 Å². The zero-order valence-corrected chi connectivity index (χ0v) is 11.5. The molecule has 1 atom stereocenters. The fourth-order valence-electron chi connectivity index (χ4n) is 1.63. The molecule has 0 bridgehead atoms. The van der Waals surface area contributed by atoms with Crippen molar-refractivity contribution < 1.29 is 4.92 Å². The highest BCUT2D eigenvalue weighted by Gasteiger charge is 2.13. The van der Waals surface area contributed by atoms with E-state index in [4.69, 9.17) is 0 Å². The summed E-state index contributed by atoms with van der Waals surface area (Å²) in [6.45, 7) is 4.36. The molecule has 6 nitrogen and oxygen atoms in total. The monoisotopic (exact) mass is 278 g/mol. The molecule has 0 saturated carbocycles. The van der Waals surface area contributed by atoms with Gasteiger partial charge in [0.1, 0.15) is 5.82 Å². The second-order valence-electron chi connectivity index (χ2n) is 4.27. The maximum absolute atomic E-state index is 10.8. The third-order valence-electron chi connectivity index (χ3n) is 2.73. The third-order valence-corrected chi connectivity index (χ3v) is 3.74. The molecule has 2 aromatic rings. The molecular weight excluding hydrogens is 264 g/mol. The molecule has 0 aliphatic rings. The Morgan fingerprint density at radius 1 is 1.53 bits per heavy atom. The highest BCUT2D eigenvalue weighted by Crippen LogP contribution is 2.22. The molecule has 1 unspecified atom stereocenters. The van der Waals surface area contributed by atoms with E-state index in [-0.39, 0.29) is 11.6 Å². The molecule has 0 spiro atoms. The van der Waals surface area contributed by atoms with E-state index in [1.165, 1.54) is 12.3 Å². The Morgan fingerprint density at radius 2 is 2.32 bits per heavy atom. The van der Waals surface area contributed by atoms with E-state index < -0.39 is 4.92 Å². The molecule has 2 rings (SSSR count). The maximum atomic E-state index is 10.8. The Labute approximate surface area is 114 Å². The van der Waals surface area contributed by atoms with Crippen LogP contribution in [0.25, 0.3) is 0 Å². The van der Waals surface area contributed by atoms with Gasteiger partial charge in [0.25, 0.3) is 5.69 Å². The summed E-state index contributed by atoms with van der Waals surface area (Å²) in [5, 5.41) is 16.9. The minimum Gasteiger partial charge on any atom is -0.369 e. The molecule has 7 heteroatoms. The van der Waals surface area contributed by atoms with Crippen LogP contribution in [0.4, 0.5) is 11.5 Å². The number of aromatic nitrogens is 2. The zero-order valence-electron chi connectivity index (χ0n) is 10.7. The van der Waals surface area contributed by atoms with Crippen LogP contribution < -0.4 is 5.32 Å². The van der Waals surface area contributed by atoms with Gasteiger partial charge in [-0.25, -0.2) is 9.97 Å². The highest BCUT2D eigenvalue weighted by atomic mass is 32.1. The average molecular weight is 278 g/mol. The van der Waals surface area contributed by atoms with Gasteiger partial charge < -0.3 is 5.32 Å². The van der Waals surface area contributed by atoms with Crippen LogP contribution in [0.1, 0.15) is 23.4 Å². The zero-order chi connectivity index (χ0) is 13.8. The van der Waals surface area contributed by atoms with Crippen molar-refractivity contribution in [3.05, 3.63) is 44.5 Å². The van der Waals surface area contributed by atoms with Crippen molar-refractivity contribution in [1.29, 1.82) is 0 Å². The summed E-state index contributed by atoms with van der Waals surface area (Å²) < 4.78 is 0. The predicted molar refractivity (Wildman–Crippen MR) is 74.6 cm³/mol. The quantitative estimate of drug-likeness (QED) is 0.671. The van der Waals surface area contributed by atoms with E-state index in [0.29, 0.717) is 17.9 Å². The van der Waals surface area contributed by atoms with Gasteiger partial charge in [-0.3, -0.25) is 10.1 Å². The molecule has 19 heavy (non-hydrogen) atoms. The molecule has 0 aromatic carbocycles. The van der Waals surface area contributed by atoms with E-state index in [2.05, 4.69) is 22.2 Å². The Bertz CT molecular complexity index is 571. The van der Waals surface area contributed by atoms with Crippen LogP contribution >= 0.6 is 11.3 Å². The lowest BCUT2D eigenvalue weighted by Crippen LogP contribution is -2.11. The van der Waals surface area contributed by atoms with Crippen molar-refractivity contribution in [3.8, 4) is 0 Å². The van der Waals surface area contributed by atoms with Crippen molar-refractivity contribution in [3.63, 3.8) is 0 Å². The minimum atomic E-state index is -0.396. The predicted octanol–water partition coefficient (Wildman–Crippen LogP) is 2.97. The number of nitrogens with zero attached hydrogens (tertiary/aromatic N) is 3. The number of thiazole rings is 1. The van der Waals surface area contributed by atoms with Gasteiger partial charge in [-0.2, -0.15) is 0 Å². The number of pyridine rings is 1. The standard InChI is InChI=1S/C12H14N4O2S/c1-8-6-14-11(5-10(8)16(17)18)15-7-9(2)12-13-3-4-19-12/h3-6,9H,7H2,1-2H3,(H,14,15). The summed E-state index contributed by atoms with van der Waals surface area (Å²) in [7, 11) is 0. The van der Waals surface area contributed by atoms with Gasteiger partial charge >= 0.3 is 0 Å². The Hall–Kier alpha value is -2.02. The number of hydrogen-bond donors (Lipinski definition) is 1. The Morgan fingerprint density at radius 3 is 2.95 bits per heavy atom.